The van der Waals surface area contributed by atoms with E-state index in [0.717, 1.165) is 17.8 Å². The molecule has 0 aliphatic carbocycles. The summed E-state index contributed by atoms with van der Waals surface area (Å²) in [6.45, 7) is -0.402. The molecule has 1 rings (SSSR count). The Labute approximate surface area is 93.5 Å². The molecule has 1 aromatic rings. The zero-order valence-electron chi connectivity index (χ0n) is 7.98. The molecule has 0 aromatic carbocycles. The summed E-state index contributed by atoms with van der Waals surface area (Å²) in [5.74, 6) is 0.149. The molecule has 1 heterocycles. The number of aliphatic hydroxyl groups is 2. The molecule has 0 aliphatic rings. The summed E-state index contributed by atoms with van der Waals surface area (Å²) in [5, 5.41) is 24.1. The molecule has 2 N–H and O–H groups in total. The number of rotatable bonds is 4. The molecule has 0 saturated heterocycles. The van der Waals surface area contributed by atoms with Crippen LogP contribution in [0.2, 0.25) is 0 Å². The van der Waals surface area contributed by atoms with Gasteiger partial charge in [0.25, 0.3) is 0 Å². The second-order valence-corrected chi connectivity index (χ2v) is 3.94. The number of halogens is 3. The van der Waals surface area contributed by atoms with Crippen LogP contribution in [0.3, 0.4) is 0 Å². The van der Waals surface area contributed by atoms with Gasteiger partial charge in [-0.1, -0.05) is 0 Å². The van der Waals surface area contributed by atoms with Gasteiger partial charge in [-0.3, -0.25) is 0 Å². The lowest BCUT2D eigenvalue weighted by molar-refractivity contribution is -0.141. The van der Waals surface area contributed by atoms with Crippen molar-refractivity contribution in [3.8, 4) is 0 Å². The van der Waals surface area contributed by atoms with Crippen molar-refractivity contribution in [2.75, 3.05) is 12.4 Å². The Hall–Kier alpha value is -0.860. The zero-order chi connectivity index (χ0) is 12.2. The molecular formula is C8H9F3N2O2S. The van der Waals surface area contributed by atoms with Gasteiger partial charge in [0.1, 0.15) is 5.03 Å². The molecule has 0 amide bonds. The van der Waals surface area contributed by atoms with Crippen molar-refractivity contribution >= 4 is 11.8 Å². The topological polar surface area (TPSA) is 66.2 Å². The number of aliphatic hydroxyl groups excluding tert-OH is 2. The minimum Gasteiger partial charge on any atom is -0.394 e. The SMILES string of the molecule is OCC(O)CSc1ccc(C(F)(F)F)nn1. The Bertz CT molecular complexity index is 331. The number of aromatic nitrogens is 2. The quantitative estimate of drug-likeness (QED) is 0.783. The molecule has 0 spiro atoms. The summed E-state index contributed by atoms with van der Waals surface area (Å²) in [7, 11) is 0. The molecule has 4 nitrogen and oxygen atoms in total. The fourth-order valence-corrected chi connectivity index (χ4v) is 1.51. The molecule has 1 aromatic heterocycles. The molecule has 16 heavy (non-hydrogen) atoms. The molecule has 0 radical (unpaired) electrons. The maximum Gasteiger partial charge on any atom is 0.435 e. The molecule has 1 unspecified atom stereocenters. The fourth-order valence-electron chi connectivity index (χ4n) is 0.782. The van der Waals surface area contributed by atoms with E-state index in [1.54, 1.807) is 0 Å². The van der Waals surface area contributed by atoms with E-state index in [1.165, 1.54) is 6.07 Å². The van der Waals surface area contributed by atoms with Crippen LogP contribution < -0.4 is 0 Å². The molecule has 0 aliphatic heterocycles. The van der Waals surface area contributed by atoms with Gasteiger partial charge >= 0.3 is 6.18 Å². The van der Waals surface area contributed by atoms with Crippen molar-refractivity contribution in [3.63, 3.8) is 0 Å². The first-order valence-corrected chi connectivity index (χ1v) is 5.24. The van der Waals surface area contributed by atoms with Crippen LogP contribution >= 0.6 is 11.8 Å². The van der Waals surface area contributed by atoms with Crippen LogP contribution in [-0.2, 0) is 6.18 Å². The summed E-state index contributed by atoms with van der Waals surface area (Å²) in [4.78, 5) is 0. The summed E-state index contributed by atoms with van der Waals surface area (Å²) in [6, 6.07) is 1.99. The third kappa shape index (κ3) is 3.95. The first-order valence-electron chi connectivity index (χ1n) is 4.26. The Morgan fingerprint density at radius 1 is 1.31 bits per heavy atom. The average Bonchev–Trinajstić information content (AvgIpc) is 2.25. The van der Waals surface area contributed by atoms with Gasteiger partial charge in [0.05, 0.1) is 12.7 Å². The van der Waals surface area contributed by atoms with Gasteiger partial charge < -0.3 is 10.2 Å². The summed E-state index contributed by atoms with van der Waals surface area (Å²) >= 11 is 1.02. The van der Waals surface area contributed by atoms with Crippen molar-refractivity contribution < 1.29 is 23.4 Å². The molecule has 1 atom stereocenters. The lowest BCUT2D eigenvalue weighted by Gasteiger charge is -2.07. The van der Waals surface area contributed by atoms with Gasteiger partial charge in [-0.15, -0.1) is 22.0 Å². The van der Waals surface area contributed by atoms with E-state index in [-0.39, 0.29) is 10.8 Å². The van der Waals surface area contributed by atoms with Crippen molar-refractivity contribution in [1.29, 1.82) is 0 Å². The highest BCUT2D eigenvalue weighted by Gasteiger charge is 2.32. The lowest BCUT2D eigenvalue weighted by atomic mass is 10.4. The van der Waals surface area contributed by atoms with E-state index in [1.807, 2.05) is 0 Å². The third-order valence-corrected chi connectivity index (χ3v) is 2.63. The maximum atomic E-state index is 12.1. The van der Waals surface area contributed by atoms with Gasteiger partial charge in [0.15, 0.2) is 5.69 Å². The van der Waals surface area contributed by atoms with Crippen LogP contribution in [-0.4, -0.2) is 38.9 Å². The number of alkyl halides is 3. The number of thioether (sulfide) groups is 1. The van der Waals surface area contributed by atoms with Crippen molar-refractivity contribution in [1.82, 2.24) is 10.2 Å². The molecular weight excluding hydrogens is 245 g/mol. The van der Waals surface area contributed by atoms with Gasteiger partial charge in [-0.05, 0) is 12.1 Å². The largest absolute Gasteiger partial charge is 0.435 e. The van der Waals surface area contributed by atoms with E-state index in [0.29, 0.717) is 0 Å². The summed E-state index contributed by atoms with van der Waals surface area (Å²) in [6.07, 6.45) is -5.42. The highest BCUT2D eigenvalue weighted by Crippen LogP contribution is 2.27. The fraction of sp³-hybridized carbons (Fsp3) is 0.500. The number of nitrogens with zero attached hydrogens (tertiary/aromatic N) is 2. The van der Waals surface area contributed by atoms with Crippen molar-refractivity contribution in [3.05, 3.63) is 17.8 Å². The van der Waals surface area contributed by atoms with Crippen LogP contribution in [0.25, 0.3) is 0 Å². The number of hydrogen-bond acceptors (Lipinski definition) is 5. The van der Waals surface area contributed by atoms with E-state index >= 15 is 0 Å². The van der Waals surface area contributed by atoms with Crippen molar-refractivity contribution in [2.24, 2.45) is 0 Å². The minimum absolute atomic E-state index is 0.149. The van der Waals surface area contributed by atoms with E-state index in [9.17, 15) is 13.2 Å². The third-order valence-electron chi connectivity index (χ3n) is 1.56. The van der Waals surface area contributed by atoms with Gasteiger partial charge in [-0.25, -0.2) is 0 Å². The monoisotopic (exact) mass is 254 g/mol. The van der Waals surface area contributed by atoms with E-state index in [4.69, 9.17) is 10.2 Å². The average molecular weight is 254 g/mol. The standard InChI is InChI=1S/C8H9F3N2O2S/c9-8(10,11)6-1-2-7(13-12-6)16-4-5(15)3-14/h1-2,5,14-15H,3-4H2. The molecule has 0 fully saturated rings. The molecule has 0 saturated carbocycles. The second kappa shape index (κ2) is 5.46. The van der Waals surface area contributed by atoms with E-state index in [2.05, 4.69) is 10.2 Å². The van der Waals surface area contributed by atoms with Crippen LogP contribution in [0.15, 0.2) is 17.2 Å². The predicted molar refractivity (Wildman–Crippen MR) is 50.9 cm³/mol. The van der Waals surface area contributed by atoms with Gasteiger partial charge in [-0.2, -0.15) is 13.2 Å². The Morgan fingerprint density at radius 3 is 2.44 bits per heavy atom. The summed E-state index contributed by atoms with van der Waals surface area (Å²) in [5.41, 5.74) is -1.06. The van der Waals surface area contributed by atoms with Crippen LogP contribution in [0.5, 0.6) is 0 Å². The highest BCUT2D eigenvalue weighted by molar-refractivity contribution is 7.99. The second-order valence-electron chi connectivity index (χ2n) is 2.90. The first kappa shape index (κ1) is 13.2. The molecule has 8 heteroatoms. The Kier molecular flexibility index (Phi) is 4.51. The maximum absolute atomic E-state index is 12.1. The zero-order valence-corrected chi connectivity index (χ0v) is 8.79. The van der Waals surface area contributed by atoms with Crippen LogP contribution in [0.1, 0.15) is 5.69 Å². The van der Waals surface area contributed by atoms with Crippen LogP contribution in [0.4, 0.5) is 13.2 Å². The van der Waals surface area contributed by atoms with Gasteiger partial charge in [0.2, 0.25) is 0 Å². The van der Waals surface area contributed by atoms with Crippen LogP contribution in [0, 0.1) is 0 Å². The summed E-state index contributed by atoms with van der Waals surface area (Å²) < 4.78 is 36.3. The van der Waals surface area contributed by atoms with Crippen molar-refractivity contribution in [2.45, 2.75) is 17.3 Å². The van der Waals surface area contributed by atoms with E-state index < -0.39 is 24.6 Å². The predicted octanol–water partition coefficient (Wildman–Crippen LogP) is 0.941. The molecule has 0 bridgehead atoms. The molecule has 90 valence electrons. The Balaban J connectivity index is 2.58. The lowest BCUT2D eigenvalue weighted by Crippen LogP contribution is -2.15. The first-order chi connectivity index (χ1) is 7.43. The Morgan fingerprint density at radius 2 is 2.00 bits per heavy atom. The van der Waals surface area contributed by atoms with Gasteiger partial charge in [0, 0.05) is 5.75 Å². The number of hydrogen-bond donors (Lipinski definition) is 2. The normalized spacial score (nSPS) is 13.8. The highest BCUT2D eigenvalue weighted by atomic mass is 32.2. The smallest absolute Gasteiger partial charge is 0.394 e. The minimum atomic E-state index is -4.50.